The average Bonchev–Trinajstić information content (AvgIpc) is 2.95. The van der Waals surface area contributed by atoms with Gasteiger partial charge >= 0.3 is 0 Å². The first kappa shape index (κ1) is 13.2. The van der Waals surface area contributed by atoms with Crippen LogP contribution in [0.3, 0.4) is 0 Å². The molecule has 1 heterocycles. The van der Waals surface area contributed by atoms with Crippen LogP contribution in [0.25, 0.3) is 11.5 Å². The second-order valence-corrected chi connectivity index (χ2v) is 4.25. The fourth-order valence-corrected chi connectivity index (χ4v) is 1.76. The predicted molar refractivity (Wildman–Crippen MR) is 70.4 cm³/mol. The molecule has 0 spiro atoms. The molecule has 6 heteroatoms. The van der Waals surface area contributed by atoms with Gasteiger partial charge in [0, 0.05) is 5.56 Å². The molecule has 0 radical (unpaired) electrons. The van der Waals surface area contributed by atoms with Crippen molar-refractivity contribution in [2.24, 2.45) is 0 Å². The van der Waals surface area contributed by atoms with E-state index in [1.165, 1.54) is 24.3 Å². The quantitative estimate of drug-likeness (QED) is 0.736. The number of aromatic nitrogens is 2. The third-order valence-electron chi connectivity index (χ3n) is 2.73. The van der Waals surface area contributed by atoms with Crippen LogP contribution < -0.4 is 4.74 Å². The van der Waals surface area contributed by atoms with Crippen molar-refractivity contribution in [3.63, 3.8) is 0 Å². The molecule has 0 atom stereocenters. The van der Waals surface area contributed by atoms with E-state index in [0.29, 0.717) is 5.56 Å². The molecule has 0 aliphatic heterocycles. The summed E-state index contributed by atoms with van der Waals surface area (Å²) in [6.45, 7) is -0.0419. The lowest BCUT2D eigenvalue weighted by Gasteiger charge is -2.03. The second-order valence-electron chi connectivity index (χ2n) is 4.25. The van der Waals surface area contributed by atoms with E-state index in [1.807, 2.05) is 0 Å². The van der Waals surface area contributed by atoms with Crippen molar-refractivity contribution in [2.45, 2.75) is 6.61 Å². The first-order valence-corrected chi connectivity index (χ1v) is 6.18. The molecule has 0 aliphatic carbocycles. The minimum Gasteiger partial charge on any atom is -0.482 e. The van der Waals surface area contributed by atoms with Crippen LogP contribution in [0.5, 0.6) is 5.75 Å². The summed E-state index contributed by atoms with van der Waals surface area (Å²) < 4.78 is 36.8. The summed E-state index contributed by atoms with van der Waals surface area (Å²) in [6, 6.07) is 11.8. The van der Waals surface area contributed by atoms with Crippen LogP contribution in [0, 0.1) is 11.6 Å². The highest BCUT2D eigenvalue weighted by Gasteiger charge is 2.11. The van der Waals surface area contributed by atoms with E-state index in [-0.39, 0.29) is 24.1 Å². The minimum absolute atomic E-state index is 0.0419. The fourth-order valence-electron chi connectivity index (χ4n) is 1.76. The van der Waals surface area contributed by atoms with Gasteiger partial charge < -0.3 is 9.26 Å². The zero-order chi connectivity index (χ0) is 14.7. The highest BCUT2D eigenvalue weighted by atomic mass is 19.1. The summed E-state index contributed by atoms with van der Waals surface area (Å²) in [7, 11) is 0. The first-order valence-electron chi connectivity index (χ1n) is 6.18. The van der Waals surface area contributed by atoms with Crippen molar-refractivity contribution >= 4 is 0 Å². The van der Waals surface area contributed by atoms with Gasteiger partial charge in [-0.2, -0.15) is 4.98 Å². The van der Waals surface area contributed by atoms with Gasteiger partial charge in [-0.15, -0.1) is 0 Å². The van der Waals surface area contributed by atoms with Crippen LogP contribution in [0.2, 0.25) is 0 Å². The maximum atomic E-state index is 13.4. The molecule has 0 amide bonds. The summed E-state index contributed by atoms with van der Waals surface area (Å²) in [5, 5.41) is 3.71. The third-order valence-corrected chi connectivity index (χ3v) is 2.73. The van der Waals surface area contributed by atoms with E-state index in [1.54, 1.807) is 24.3 Å². The molecule has 0 fully saturated rings. The molecule has 0 bridgehead atoms. The Balaban J connectivity index is 1.72. The Labute approximate surface area is 119 Å². The van der Waals surface area contributed by atoms with Gasteiger partial charge in [0.2, 0.25) is 5.82 Å². The Morgan fingerprint density at radius 3 is 2.71 bits per heavy atom. The van der Waals surface area contributed by atoms with E-state index >= 15 is 0 Å². The molecule has 1 aromatic heterocycles. The molecule has 0 saturated heterocycles. The van der Waals surface area contributed by atoms with Crippen LogP contribution in [-0.2, 0) is 6.61 Å². The van der Waals surface area contributed by atoms with E-state index in [2.05, 4.69) is 10.1 Å². The number of ether oxygens (including phenoxy) is 1. The average molecular weight is 288 g/mol. The number of rotatable bonds is 4. The summed E-state index contributed by atoms with van der Waals surface area (Å²) in [4.78, 5) is 4.07. The molecule has 106 valence electrons. The zero-order valence-corrected chi connectivity index (χ0v) is 10.8. The van der Waals surface area contributed by atoms with Crippen molar-refractivity contribution < 1.29 is 18.0 Å². The maximum absolute atomic E-state index is 13.4. The van der Waals surface area contributed by atoms with Crippen molar-refractivity contribution in [1.29, 1.82) is 0 Å². The lowest BCUT2D eigenvalue weighted by atomic mass is 10.2. The van der Waals surface area contributed by atoms with Crippen LogP contribution in [-0.4, -0.2) is 10.1 Å². The fraction of sp³-hybridized carbons (Fsp3) is 0.0667. The summed E-state index contributed by atoms with van der Waals surface area (Å²) in [5.41, 5.74) is 0.472. The number of hydrogen-bond acceptors (Lipinski definition) is 4. The number of para-hydroxylation sites is 1. The van der Waals surface area contributed by atoms with Crippen molar-refractivity contribution in [3.8, 4) is 17.2 Å². The van der Waals surface area contributed by atoms with Crippen molar-refractivity contribution in [1.82, 2.24) is 10.1 Å². The molecular formula is C15H10F2N2O2. The lowest BCUT2D eigenvalue weighted by molar-refractivity contribution is 0.274. The topological polar surface area (TPSA) is 48.2 Å². The molecule has 3 aromatic rings. The van der Waals surface area contributed by atoms with Crippen LogP contribution in [0.15, 0.2) is 53.1 Å². The molecule has 0 unspecified atom stereocenters. The minimum atomic E-state index is -0.466. The number of nitrogens with zero attached hydrogens (tertiary/aromatic N) is 2. The molecular weight excluding hydrogens is 278 g/mol. The predicted octanol–water partition coefficient (Wildman–Crippen LogP) is 3.59. The molecule has 3 rings (SSSR count). The molecule has 0 N–H and O–H groups in total. The Morgan fingerprint density at radius 2 is 1.90 bits per heavy atom. The molecule has 0 aliphatic rings. The van der Waals surface area contributed by atoms with Crippen molar-refractivity contribution in [2.75, 3.05) is 0 Å². The van der Waals surface area contributed by atoms with Gasteiger partial charge in [-0.05, 0) is 30.3 Å². The largest absolute Gasteiger partial charge is 0.482 e. The highest BCUT2D eigenvalue weighted by Crippen LogP contribution is 2.19. The zero-order valence-electron chi connectivity index (χ0n) is 10.8. The summed E-state index contributed by atoms with van der Waals surface area (Å²) in [6.07, 6.45) is 0. The molecule has 4 nitrogen and oxygen atoms in total. The smallest absolute Gasteiger partial charge is 0.258 e. The Hall–Kier alpha value is -2.76. The number of hydrogen-bond donors (Lipinski definition) is 0. The van der Waals surface area contributed by atoms with E-state index < -0.39 is 11.6 Å². The summed E-state index contributed by atoms with van der Waals surface area (Å²) >= 11 is 0. The van der Waals surface area contributed by atoms with Gasteiger partial charge in [-0.25, -0.2) is 8.78 Å². The van der Waals surface area contributed by atoms with Gasteiger partial charge in [0.05, 0.1) is 0 Å². The third kappa shape index (κ3) is 3.05. The van der Waals surface area contributed by atoms with Gasteiger partial charge in [0.1, 0.15) is 5.82 Å². The monoisotopic (exact) mass is 288 g/mol. The van der Waals surface area contributed by atoms with Crippen LogP contribution in [0.1, 0.15) is 5.82 Å². The van der Waals surface area contributed by atoms with Gasteiger partial charge in [0.25, 0.3) is 5.89 Å². The summed E-state index contributed by atoms with van der Waals surface area (Å²) in [5.74, 6) is -0.324. The SMILES string of the molecule is Fc1cccc(-c2nc(COc3ccccc3F)no2)c1. The molecule has 21 heavy (non-hydrogen) atoms. The Bertz CT molecular complexity index is 759. The second kappa shape index (κ2) is 5.70. The lowest BCUT2D eigenvalue weighted by Crippen LogP contribution is -1.99. The van der Waals surface area contributed by atoms with E-state index in [4.69, 9.17) is 9.26 Å². The Kier molecular flexibility index (Phi) is 3.59. The highest BCUT2D eigenvalue weighted by molar-refractivity contribution is 5.52. The normalized spacial score (nSPS) is 10.6. The Morgan fingerprint density at radius 1 is 1.05 bits per heavy atom. The van der Waals surface area contributed by atoms with Crippen LogP contribution >= 0.6 is 0 Å². The number of benzene rings is 2. The van der Waals surface area contributed by atoms with Gasteiger partial charge in [-0.3, -0.25) is 0 Å². The first-order chi connectivity index (χ1) is 10.2. The molecule has 2 aromatic carbocycles. The number of halogens is 2. The standard InChI is InChI=1S/C15H10F2N2O2/c16-11-5-3-4-10(8-11)15-18-14(19-21-15)9-20-13-7-2-1-6-12(13)17/h1-8H,9H2. The van der Waals surface area contributed by atoms with Crippen molar-refractivity contribution in [3.05, 3.63) is 66.0 Å². The maximum Gasteiger partial charge on any atom is 0.258 e. The molecule has 0 saturated carbocycles. The van der Waals surface area contributed by atoms with Crippen LogP contribution in [0.4, 0.5) is 8.78 Å². The van der Waals surface area contributed by atoms with E-state index in [9.17, 15) is 8.78 Å². The van der Waals surface area contributed by atoms with Gasteiger partial charge in [-0.1, -0.05) is 23.4 Å². The van der Waals surface area contributed by atoms with Gasteiger partial charge in [0.15, 0.2) is 18.2 Å². The van der Waals surface area contributed by atoms with E-state index in [0.717, 1.165) is 0 Å².